The molecule has 0 aromatic carbocycles. The molecule has 2 heteroatoms. The highest BCUT2D eigenvalue weighted by molar-refractivity contribution is 5.29. The van der Waals surface area contributed by atoms with Crippen molar-refractivity contribution < 1.29 is 0 Å². The van der Waals surface area contributed by atoms with Crippen molar-refractivity contribution in [2.24, 2.45) is 0 Å². The lowest BCUT2D eigenvalue weighted by Crippen LogP contribution is -2.20. The van der Waals surface area contributed by atoms with Gasteiger partial charge in [0.25, 0.3) is 0 Å². The first-order valence-corrected chi connectivity index (χ1v) is 5.12. The molecule has 0 spiro atoms. The van der Waals surface area contributed by atoms with Crippen LogP contribution in [0.1, 0.15) is 31.0 Å². The van der Waals surface area contributed by atoms with Crippen molar-refractivity contribution >= 4 is 0 Å². The van der Waals surface area contributed by atoms with E-state index >= 15 is 0 Å². The van der Waals surface area contributed by atoms with E-state index in [1.807, 2.05) is 18.5 Å². The molecule has 0 saturated carbocycles. The second kappa shape index (κ2) is 5.55. The summed E-state index contributed by atoms with van der Waals surface area (Å²) in [5, 5.41) is 3.38. The summed E-state index contributed by atoms with van der Waals surface area (Å²) in [5.74, 6) is 0. The largest absolute Gasteiger partial charge is 0.307 e. The smallest absolute Gasteiger partial charge is 0.0507 e. The van der Waals surface area contributed by atoms with E-state index in [0.717, 1.165) is 13.0 Å². The lowest BCUT2D eigenvalue weighted by atomic mass is 10.0. The molecule has 0 radical (unpaired) electrons. The van der Waals surface area contributed by atoms with Crippen LogP contribution in [0.2, 0.25) is 0 Å². The summed E-state index contributed by atoms with van der Waals surface area (Å²) in [6, 6.07) is 2.31. The van der Waals surface area contributed by atoms with Crippen molar-refractivity contribution in [2.75, 3.05) is 6.54 Å². The molecule has 76 valence electrons. The summed E-state index contributed by atoms with van der Waals surface area (Å²) in [4.78, 5) is 4.13. The molecule has 0 amide bonds. The van der Waals surface area contributed by atoms with Gasteiger partial charge in [0.15, 0.2) is 0 Å². The molecule has 1 N–H and O–H groups in total. The molecule has 1 rings (SSSR count). The van der Waals surface area contributed by atoms with E-state index in [9.17, 15) is 0 Å². The Morgan fingerprint density at radius 1 is 1.57 bits per heavy atom. The van der Waals surface area contributed by atoms with Crippen LogP contribution >= 0.6 is 0 Å². The first-order chi connectivity index (χ1) is 6.83. The maximum absolute atomic E-state index is 4.13. The van der Waals surface area contributed by atoms with Crippen molar-refractivity contribution in [2.45, 2.75) is 26.3 Å². The summed E-state index contributed by atoms with van der Waals surface area (Å²) >= 11 is 0. The number of aryl methyl sites for hydroxylation is 1. The quantitative estimate of drug-likeness (QED) is 0.721. The molecule has 0 fully saturated rings. The predicted molar refractivity (Wildman–Crippen MR) is 60.2 cm³/mol. The van der Waals surface area contributed by atoms with Crippen LogP contribution in [0, 0.1) is 0 Å². The Bertz CT molecular complexity index is 294. The number of pyridine rings is 1. The van der Waals surface area contributed by atoms with Crippen LogP contribution in [-0.2, 0) is 6.42 Å². The number of nitrogens with one attached hydrogen (secondary N) is 1. The molecule has 1 aromatic heterocycles. The van der Waals surface area contributed by atoms with Crippen LogP contribution in [0.5, 0.6) is 0 Å². The molecular weight excluding hydrogens is 172 g/mol. The van der Waals surface area contributed by atoms with Gasteiger partial charge in [-0.25, -0.2) is 0 Å². The first kappa shape index (κ1) is 10.9. The summed E-state index contributed by atoms with van der Waals surface area (Å²) in [6.45, 7) is 9.04. The second-order valence-corrected chi connectivity index (χ2v) is 3.20. The highest BCUT2D eigenvalue weighted by Gasteiger charge is 2.09. The van der Waals surface area contributed by atoms with Gasteiger partial charge in [-0.3, -0.25) is 4.98 Å². The molecule has 1 heterocycles. The lowest BCUT2D eigenvalue weighted by Gasteiger charge is -2.16. The minimum atomic E-state index is 0.248. The molecule has 0 aliphatic carbocycles. The fourth-order valence-electron chi connectivity index (χ4n) is 1.58. The number of hydrogen-bond donors (Lipinski definition) is 1. The molecule has 1 atom stereocenters. The monoisotopic (exact) mass is 190 g/mol. The Balaban J connectivity index is 2.95. The van der Waals surface area contributed by atoms with Gasteiger partial charge in [-0.15, -0.1) is 6.58 Å². The van der Waals surface area contributed by atoms with Gasteiger partial charge in [-0.2, -0.15) is 0 Å². The fraction of sp³-hybridized carbons (Fsp3) is 0.417. The molecule has 0 saturated heterocycles. The van der Waals surface area contributed by atoms with Gasteiger partial charge in [0.2, 0.25) is 0 Å². The number of rotatable bonds is 5. The third kappa shape index (κ3) is 2.42. The Labute approximate surface area is 86.1 Å². The second-order valence-electron chi connectivity index (χ2n) is 3.20. The van der Waals surface area contributed by atoms with Crippen LogP contribution in [0.3, 0.4) is 0 Å². The van der Waals surface area contributed by atoms with E-state index in [2.05, 4.69) is 36.8 Å². The molecule has 1 aromatic rings. The van der Waals surface area contributed by atoms with Gasteiger partial charge in [0.05, 0.1) is 6.04 Å². The Hall–Kier alpha value is -1.15. The molecule has 1 unspecified atom stereocenters. The van der Waals surface area contributed by atoms with Crippen LogP contribution < -0.4 is 5.32 Å². The Morgan fingerprint density at radius 2 is 2.36 bits per heavy atom. The van der Waals surface area contributed by atoms with Gasteiger partial charge in [0, 0.05) is 12.4 Å². The molecule has 0 bridgehead atoms. The Kier molecular flexibility index (Phi) is 4.33. The molecule has 0 aliphatic heterocycles. The van der Waals surface area contributed by atoms with E-state index in [-0.39, 0.29) is 6.04 Å². The standard InChI is InChI=1S/C12H18N2/c1-4-10-9-13-8-7-11(10)12(5-2)14-6-3/h5,7-9,12,14H,2,4,6H2,1,3H3. The summed E-state index contributed by atoms with van der Waals surface area (Å²) in [6.07, 6.45) is 6.72. The van der Waals surface area contributed by atoms with Crippen molar-refractivity contribution in [3.63, 3.8) is 0 Å². The average molecular weight is 190 g/mol. The SMILES string of the molecule is C=CC(NCC)c1ccncc1CC. The average Bonchev–Trinajstić information content (AvgIpc) is 2.26. The predicted octanol–water partition coefficient (Wildman–Crippen LogP) is 2.48. The van der Waals surface area contributed by atoms with E-state index in [4.69, 9.17) is 0 Å². The van der Waals surface area contributed by atoms with E-state index < -0.39 is 0 Å². The van der Waals surface area contributed by atoms with Gasteiger partial charge in [-0.1, -0.05) is 19.9 Å². The minimum absolute atomic E-state index is 0.248. The maximum Gasteiger partial charge on any atom is 0.0507 e. The van der Waals surface area contributed by atoms with Gasteiger partial charge in [0.1, 0.15) is 0 Å². The maximum atomic E-state index is 4.13. The normalized spacial score (nSPS) is 12.4. The van der Waals surface area contributed by atoms with Gasteiger partial charge >= 0.3 is 0 Å². The topological polar surface area (TPSA) is 24.9 Å². The molecule has 2 nitrogen and oxygen atoms in total. The van der Waals surface area contributed by atoms with Crippen molar-refractivity contribution in [1.29, 1.82) is 0 Å². The minimum Gasteiger partial charge on any atom is -0.307 e. The molecule has 14 heavy (non-hydrogen) atoms. The van der Waals surface area contributed by atoms with Crippen LogP contribution in [0.4, 0.5) is 0 Å². The summed E-state index contributed by atoms with van der Waals surface area (Å²) in [5.41, 5.74) is 2.58. The van der Waals surface area contributed by atoms with Crippen molar-refractivity contribution in [1.82, 2.24) is 10.3 Å². The van der Waals surface area contributed by atoms with E-state index in [1.165, 1.54) is 11.1 Å². The first-order valence-electron chi connectivity index (χ1n) is 5.12. The van der Waals surface area contributed by atoms with E-state index in [1.54, 1.807) is 0 Å². The third-order valence-electron chi connectivity index (χ3n) is 2.32. The fourth-order valence-corrected chi connectivity index (χ4v) is 1.58. The highest BCUT2D eigenvalue weighted by atomic mass is 14.9. The van der Waals surface area contributed by atoms with Crippen LogP contribution in [0.25, 0.3) is 0 Å². The van der Waals surface area contributed by atoms with Gasteiger partial charge in [-0.05, 0) is 30.2 Å². The van der Waals surface area contributed by atoms with Crippen LogP contribution in [-0.4, -0.2) is 11.5 Å². The summed E-state index contributed by atoms with van der Waals surface area (Å²) < 4.78 is 0. The van der Waals surface area contributed by atoms with Crippen molar-refractivity contribution in [3.05, 3.63) is 42.2 Å². The lowest BCUT2D eigenvalue weighted by molar-refractivity contribution is 0.642. The van der Waals surface area contributed by atoms with Crippen molar-refractivity contribution in [3.8, 4) is 0 Å². The zero-order chi connectivity index (χ0) is 10.4. The third-order valence-corrected chi connectivity index (χ3v) is 2.32. The number of likely N-dealkylation sites (N-methyl/N-ethyl adjacent to an activating group) is 1. The van der Waals surface area contributed by atoms with Crippen LogP contribution in [0.15, 0.2) is 31.1 Å². The van der Waals surface area contributed by atoms with Gasteiger partial charge < -0.3 is 5.32 Å². The van der Waals surface area contributed by atoms with E-state index in [0.29, 0.717) is 0 Å². The molecule has 0 aliphatic rings. The number of aromatic nitrogens is 1. The molecular formula is C12H18N2. The number of nitrogens with zero attached hydrogens (tertiary/aromatic N) is 1. The highest BCUT2D eigenvalue weighted by Crippen LogP contribution is 2.18. The number of hydrogen-bond acceptors (Lipinski definition) is 2. The summed E-state index contributed by atoms with van der Waals surface area (Å²) in [7, 11) is 0. The zero-order valence-corrected chi connectivity index (χ0v) is 8.96. The Morgan fingerprint density at radius 3 is 2.93 bits per heavy atom. The zero-order valence-electron chi connectivity index (χ0n) is 8.96.